The van der Waals surface area contributed by atoms with Crippen LogP contribution in [-0.2, 0) is 26.0 Å². The molecule has 0 fully saturated rings. The largest absolute Gasteiger partial charge is 0.460 e. The number of ether oxygens (including phenoxy) is 1. The minimum atomic E-state index is -3.16. The van der Waals surface area contributed by atoms with E-state index >= 15 is 0 Å². The molecule has 0 unspecified atom stereocenters. The molecule has 0 saturated carbocycles. The lowest BCUT2D eigenvalue weighted by molar-refractivity contribution is -0.146. The Morgan fingerprint density at radius 2 is 1.90 bits per heavy atom. The third-order valence-corrected chi connectivity index (χ3v) is 3.67. The maximum Gasteiger partial charge on any atom is 0.323 e. The molecule has 0 amide bonds. The van der Waals surface area contributed by atoms with E-state index in [4.69, 9.17) is 33.7 Å². The Bertz CT molecular complexity index is 575. The molecule has 1 aromatic heterocycles. The topological polar surface area (TPSA) is 99.3 Å². The van der Waals surface area contributed by atoms with Crippen molar-refractivity contribution in [3.8, 4) is 0 Å². The van der Waals surface area contributed by atoms with Crippen LogP contribution in [0.4, 0.5) is 0 Å². The highest BCUT2D eigenvalue weighted by molar-refractivity contribution is 7.90. The van der Waals surface area contributed by atoms with Crippen molar-refractivity contribution in [2.75, 3.05) is 12.0 Å². The summed E-state index contributed by atoms with van der Waals surface area (Å²) in [6, 6.07) is 2.02. The molecule has 0 aromatic carbocycles. The van der Waals surface area contributed by atoms with E-state index < -0.39 is 21.8 Å². The van der Waals surface area contributed by atoms with Crippen LogP contribution in [0, 0.1) is 0 Å². The fourth-order valence-corrected chi connectivity index (χ4v) is 2.51. The number of esters is 1. The van der Waals surface area contributed by atoms with Crippen molar-refractivity contribution in [2.45, 2.75) is 19.1 Å². The van der Waals surface area contributed by atoms with Gasteiger partial charge >= 0.3 is 5.97 Å². The van der Waals surface area contributed by atoms with Crippen molar-refractivity contribution in [3.05, 3.63) is 28.0 Å². The summed E-state index contributed by atoms with van der Waals surface area (Å²) in [6.07, 6.45) is 1.08. The van der Waals surface area contributed by atoms with Crippen molar-refractivity contribution in [1.82, 2.24) is 4.98 Å². The fourth-order valence-electron chi connectivity index (χ4n) is 1.32. The molecule has 0 saturated heterocycles. The number of pyridine rings is 1. The minimum absolute atomic E-state index is 0. The highest BCUT2D eigenvalue weighted by atomic mass is 35.5. The summed E-state index contributed by atoms with van der Waals surface area (Å²) in [7, 11) is -3.16. The number of rotatable bonds is 6. The Morgan fingerprint density at radius 1 is 1.38 bits per heavy atom. The molecule has 10 heteroatoms. The van der Waals surface area contributed by atoms with Crippen LogP contribution in [0.1, 0.15) is 12.0 Å². The molecular formula is C11H15Cl3N2O4S. The molecule has 2 N–H and O–H groups in total. The van der Waals surface area contributed by atoms with E-state index in [0.717, 1.165) is 6.26 Å². The summed E-state index contributed by atoms with van der Waals surface area (Å²) in [5.74, 6) is -0.853. The Hall–Kier alpha value is -0.600. The summed E-state index contributed by atoms with van der Waals surface area (Å²) in [5.41, 5.74) is 6.11. The second kappa shape index (κ2) is 8.75. The molecule has 21 heavy (non-hydrogen) atoms. The third-order valence-electron chi connectivity index (χ3n) is 2.31. The summed E-state index contributed by atoms with van der Waals surface area (Å²) in [4.78, 5) is 15.3. The number of aromatic nitrogens is 1. The Labute approximate surface area is 139 Å². The Morgan fingerprint density at radius 3 is 2.38 bits per heavy atom. The predicted octanol–water partition coefficient (Wildman–Crippen LogP) is 1.62. The monoisotopic (exact) mass is 376 g/mol. The molecule has 0 bridgehead atoms. The normalized spacial score (nSPS) is 12.4. The van der Waals surface area contributed by atoms with Gasteiger partial charge in [-0.3, -0.25) is 4.79 Å². The standard InChI is InChI=1S/C11H14Cl2N2O4S.ClH/c1-20(17,18)3-2-8(14)11(16)19-6-7-4-9(12)15-10(13)5-7;/h4-5,8H,2-3,6,14H2,1H3;1H/t8-;/m0./s1. The minimum Gasteiger partial charge on any atom is -0.460 e. The molecule has 120 valence electrons. The molecule has 0 spiro atoms. The third kappa shape index (κ3) is 8.43. The maximum atomic E-state index is 11.6. The first kappa shape index (κ1) is 20.4. The number of carbonyl (C=O) groups excluding carboxylic acids is 1. The zero-order valence-corrected chi connectivity index (χ0v) is 14.2. The molecule has 1 atom stereocenters. The van der Waals surface area contributed by atoms with Crippen LogP contribution in [-0.4, -0.2) is 37.4 Å². The Kier molecular flexibility index (Phi) is 8.50. The number of hydrogen-bond donors (Lipinski definition) is 1. The molecule has 0 aliphatic carbocycles. The van der Waals surface area contributed by atoms with E-state index in [9.17, 15) is 13.2 Å². The SMILES string of the molecule is CS(=O)(=O)CC[C@H](N)C(=O)OCc1cc(Cl)nc(Cl)c1.Cl. The van der Waals surface area contributed by atoms with E-state index in [1.807, 2.05) is 0 Å². The van der Waals surface area contributed by atoms with Crippen molar-refractivity contribution in [1.29, 1.82) is 0 Å². The summed E-state index contributed by atoms with van der Waals surface area (Å²) >= 11 is 11.4. The molecule has 6 nitrogen and oxygen atoms in total. The number of carbonyl (C=O) groups is 1. The van der Waals surface area contributed by atoms with E-state index in [-0.39, 0.29) is 41.5 Å². The zero-order chi connectivity index (χ0) is 15.3. The molecule has 1 rings (SSSR count). The highest BCUT2D eigenvalue weighted by Crippen LogP contribution is 2.15. The fraction of sp³-hybridized carbons (Fsp3) is 0.455. The van der Waals surface area contributed by atoms with Crippen molar-refractivity contribution in [3.63, 3.8) is 0 Å². The van der Waals surface area contributed by atoms with Gasteiger partial charge in [0.1, 0.15) is 32.8 Å². The van der Waals surface area contributed by atoms with E-state index in [1.165, 1.54) is 12.1 Å². The first-order valence-corrected chi connectivity index (χ1v) is 8.41. The van der Waals surface area contributed by atoms with Crippen LogP contribution in [0.15, 0.2) is 12.1 Å². The second-order valence-electron chi connectivity index (χ2n) is 4.25. The molecule has 1 aromatic rings. The average Bonchev–Trinajstić information content (AvgIpc) is 2.31. The van der Waals surface area contributed by atoms with Gasteiger partial charge in [0.05, 0.1) is 5.75 Å². The van der Waals surface area contributed by atoms with Crippen molar-refractivity contribution in [2.24, 2.45) is 5.73 Å². The Balaban J connectivity index is 0.00000400. The van der Waals surface area contributed by atoms with Crippen LogP contribution in [0.3, 0.4) is 0 Å². The van der Waals surface area contributed by atoms with E-state index in [1.54, 1.807) is 0 Å². The van der Waals surface area contributed by atoms with Gasteiger partial charge in [-0.15, -0.1) is 12.4 Å². The van der Waals surface area contributed by atoms with Gasteiger partial charge in [0.15, 0.2) is 0 Å². The first-order chi connectivity index (χ1) is 9.17. The lowest BCUT2D eigenvalue weighted by Crippen LogP contribution is -2.34. The van der Waals surface area contributed by atoms with Crippen molar-refractivity contribution >= 4 is 51.4 Å². The van der Waals surface area contributed by atoms with Crippen LogP contribution >= 0.6 is 35.6 Å². The highest BCUT2D eigenvalue weighted by Gasteiger charge is 2.17. The summed E-state index contributed by atoms with van der Waals surface area (Å²) < 4.78 is 26.9. The number of halogens is 3. The van der Waals surface area contributed by atoms with Gasteiger partial charge in [0.2, 0.25) is 0 Å². The van der Waals surface area contributed by atoms with Gasteiger partial charge in [0, 0.05) is 6.26 Å². The van der Waals surface area contributed by atoms with Gasteiger partial charge in [-0.25, -0.2) is 13.4 Å². The first-order valence-electron chi connectivity index (χ1n) is 5.59. The quantitative estimate of drug-likeness (QED) is 0.597. The van der Waals surface area contributed by atoms with Gasteiger partial charge < -0.3 is 10.5 Å². The summed E-state index contributed by atoms with van der Waals surface area (Å²) in [6.45, 7) is -0.0621. The molecule has 0 aliphatic heterocycles. The molecule has 1 heterocycles. The van der Waals surface area contributed by atoms with Gasteiger partial charge in [0.25, 0.3) is 0 Å². The van der Waals surface area contributed by atoms with E-state index in [2.05, 4.69) is 4.98 Å². The van der Waals surface area contributed by atoms with Crippen LogP contribution in [0.5, 0.6) is 0 Å². The molecule has 0 radical (unpaired) electrons. The van der Waals surface area contributed by atoms with Gasteiger partial charge in [-0.05, 0) is 24.1 Å². The maximum absolute atomic E-state index is 11.6. The van der Waals surface area contributed by atoms with Gasteiger partial charge in [-0.2, -0.15) is 0 Å². The summed E-state index contributed by atoms with van der Waals surface area (Å²) in [5, 5.41) is 0.370. The van der Waals surface area contributed by atoms with Crippen LogP contribution in [0.25, 0.3) is 0 Å². The van der Waals surface area contributed by atoms with Crippen LogP contribution in [0.2, 0.25) is 10.3 Å². The predicted molar refractivity (Wildman–Crippen MR) is 83.6 cm³/mol. The smallest absolute Gasteiger partial charge is 0.323 e. The van der Waals surface area contributed by atoms with Crippen molar-refractivity contribution < 1.29 is 17.9 Å². The van der Waals surface area contributed by atoms with Crippen LogP contribution < -0.4 is 5.73 Å². The molecule has 0 aliphatic rings. The lowest BCUT2D eigenvalue weighted by atomic mass is 10.2. The average molecular weight is 378 g/mol. The van der Waals surface area contributed by atoms with E-state index in [0.29, 0.717) is 5.56 Å². The number of sulfone groups is 1. The van der Waals surface area contributed by atoms with Gasteiger partial charge in [-0.1, -0.05) is 23.2 Å². The second-order valence-corrected chi connectivity index (χ2v) is 7.29. The number of hydrogen-bond acceptors (Lipinski definition) is 6. The zero-order valence-electron chi connectivity index (χ0n) is 11.1. The number of nitrogens with zero attached hydrogens (tertiary/aromatic N) is 1. The lowest BCUT2D eigenvalue weighted by Gasteiger charge is -2.11. The number of nitrogens with two attached hydrogens (primary N) is 1. The molecular weight excluding hydrogens is 363 g/mol.